The van der Waals surface area contributed by atoms with Crippen LogP contribution in [-0.2, 0) is 11.3 Å². The van der Waals surface area contributed by atoms with Gasteiger partial charge in [-0.25, -0.2) is 4.99 Å². The third-order valence-electron chi connectivity index (χ3n) is 4.79. The third-order valence-corrected chi connectivity index (χ3v) is 4.79. The molecule has 0 spiro atoms. The monoisotopic (exact) mass is 393 g/mol. The molecule has 0 aromatic carbocycles. The van der Waals surface area contributed by atoms with Crippen LogP contribution in [0.15, 0.2) is 11.2 Å². The maximum absolute atomic E-state index is 10.8. The van der Waals surface area contributed by atoms with Crippen molar-refractivity contribution in [1.82, 2.24) is 20.5 Å². The highest BCUT2D eigenvalue weighted by Gasteiger charge is 2.25. The van der Waals surface area contributed by atoms with E-state index in [9.17, 15) is 5.11 Å². The van der Waals surface area contributed by atoms with Gasteiger partial charge in [0.15, 0.2) is 5.96 Å². The van der Waals surface area contributed by atoms with E-state index in [1.807, 2.05) is 33.9 Å². The molecule has 2 heterocycles. The molecule has 3 N–H and O–H groups in total. The Morgan fingerprint density at radius 2 is 2.07 bits per heavy atom. The molecule has 1 unspecified atom stereocenters. The van der Waals surface area contributed by atoms with Gasteiger partial charge in [0.05, 0.1) is 38.2 Å². The molecular formula is C20H35N5O3. The largest absolute Gasteiger partial charge is 0.496 e. The fourth-order valence-electron chi connectivity index (χ4n) is 3.30. The lowest BCUT2D eigenvalue weighted by atomic mass is 10.1. The minimum absolute atomic E-state index is 0.403. The fraction of sp³-hybridized carbons (Fsp3) is 0.700. The van der Waals surface area contributed by atoms with Gasteiger partial charge in [-0.1, -0.05) is 0 Å². The van der Waals surface area contributed by atoms with E-state index in [2.05, 4.69) is 25.5 Å². The normalized spacial score (nSPS) is 17.9. The van der Waals surface area contributed by atoms with Gasteiger partial charge >= 0.3 is 0 Å². The smallest absolute Gasteiger partial charge is 0.191 e. The molecule has 1 atom stereocenters. The zero-order valence-electron chi connectivity index (χ0n) is 17.8. The number of ether oxygens (including phenoxy) is 2. The number of hydrogen-bond acceptors (Lipinski definition) is 6. The Balaban J connectivity index is 1.98. The third kappa shape index (κ3) is 6.61. The number of aromatic nitrogens is 1. The van der Waals surface area contributed by atoms with E-state index in [1.165, 1.54) is 0 Å². The molecule has 0 radical (unpaired) electrons. The minimum atomic E-state index is -0.866. The van der Waals surface area contributed by atoms with E-state index in [-0.39, 0.29) is 0 Å². The maximum Gasteiger partial charge on any atom is 0.191 e. The van der Waals surface area contributed by atoms with Crippen molar-refractivity contribution >= 4 is 5.96 Å². The van der Waals surface area contributed by atoms with Gasteiger partial charge in [0.1, 0.15) is 5.75 Å². The molecule has 0 aliphatic carbocycles. The first-order valence-electron chi connectivity index (χ1n) is 9.90. The second-order valence-corrected chi connectivity index (χ2v) is 7.48. The second kappa shape index (κ2) is 10.6. The molecule has 0 amide bonds. The lowest BCUT2D eigenvalue weighted by molar-refractivity contribution is -0.0201. The SMILES string of the molecule is CCNC(=NCc1ncc(C)c(OC)c1C)NCC(C)(O)CN1CCOCC1. The van der Waals surface area contributed by atoms with E-state index in [0.29, 0.717) is 25.6 Å². The van der Waals surface area contributed by atoms with Crippen molar-refractivity contribution in [3.05, 3.63) is 23.0 Å². The van der Waals surface area contributed by atoms with Crippen molar-refractivity contribution in [2.45, 2.75) is 39.8 Å². The summed E-state index contributed by atoms with van der Waals surface area (Å²) in [6.45, 7) is 13.2. The number of rotatable bonds is 8. The number of nitrogens with zero attached hydrogens (tertiary/aromatic N) is 3. The first kappa shape index (κ1) is 22.4. The van der Waals surface area contributed by atoms with Gasteiger partial charge in [-0.2, -0.15) is 0 Å². The molecule has 1 fully saturated rings. The number of guanidine groups is 1. The van der Waals surface area contributed by atoms with Crippen LogP contribution in [0.4, 0.5) is 0 Å². The number of morpholine rings is 1. The maximum atomic E-state index is 10.8. The van der Waals surface area contributed by atoms with E-state index in [0.717, 1.165) is 55.4 Å². The molecule has 2 rings (SSSR count). The number of aliphatic hydroxyl groups is 1. The van der Waals surface area contributed by atoms with Crippen LogP contribution in [0, 0.1) is 13.8 Å². The van der Waals surface area contributed by atoms with Crippen molar-refractivity contribution in [2.75, 3.05) is 53.0 Å². The molecule has 1 aromatic rings. The van der Waals surface area contributed by atoms with Gasteiger partial charge in [0.2, 0.25) is 0 Å². The molecular weight excluding hydrogens is 358 g/mol. The number of aryl methyl sites for hydroxylation is 1. The van der Waals surface area contributed by atoms with Crippen molar-refractivity contribution < 1.29 is 14.6 Å². The number of β-amino-alcohol motifs (C(OH)–C–C–N with tert-alkyl or cyclic N) is 1. The Kier molecular flexibility index (Phi) is 8.47. The summed E-state index contributed by atoms with van der Waals surface area (Å²) in [6.07, 6.45) is 1.81. The van der Waals surface area contributed by atoms with E-state index < -0.39 is 5.60 Å². The topological polar surface area (TPSA) is 91.2 Å². The van der Waals surface area contributed by atoms with Gasteiger partial charge < -0.3 is 25.2 Å². The average Bonchev–Trinajstić information content (AvgIpc) is 2.66. The van der Waals surface area contributed by atoms with Crippen LogP contribution in [-0.4, -0.2) is 79.6 Å². The number of pyridine rings is 1. The Hall–Kier alpha value is -1.90. The predicted molar refractivity (Wildman–Crippen MR) is 111 cm³/mol. The zero-order valence-corrected chi connectivity index (χ0v) is 17.8. The van der Waals surface area contributed by atoms with Gasteiger partial charge in [0.25, 0.3) is 0 Å². The first-order valence-corrected chi connectivity index (χ1v) is 9.90. The summed E-state index contributed by atoms with van der Waals surface area (Å²) in [4.78, 5) is 11.3. The molecule has 8 nitrogen and oxygen atoms in total. The summed E-state index contributed by atoms with van der Waals surface area (Å²) < 4.78 is 10.8. The highest BCUT2D eigenvalue weighted by Crippen LogP contribution is 2.24. The molecule has 28 heavy (non-hydrogen) atoms. The molecule has 158 valence electrons. The van der Waals surface area contributed by atoms with Crippen LogP contribution in [0.1, 0.15) is 30.7 Å². The van der Waals surface area contributed by atoms with E-state index in [4.69, 9.17) is 9.47 Å². The summed E-state index contributed by atoms with van der Waals surface area (Å²) >= 11 is 0. The lowest BCUT2D eigenvalue weighted by Crippen LogP contribution is -2.53. The first-order chi connectivity index (χ1) is 13.4. The molecule has 1 aromatic heterocycles. The Labute approximate surface area is 168 Å². The number of nitrogens with one attached hydrogen (secondary N) is 2. The van der Waals surface area contributed by atoms with Gasteiger partial charge in [-0.15, -0.1) is 0 Å². The second-order valence-electron chi connectivity index (χ2n) is 7.48. The highest BCUT2D eigenvalue weighted by molar-refractivity contribution is 5.79. The highest BCUT2D eigenvalue weighted by atomic mass is 16.5. The molecule has 1 aliphatic heterocycles. The van der Waals surface area contributed by atoms with Crippen LogP contribution in [0.25, 0.3) is 0 Å². The summed E-state index contributed by atoms with van der Waals surface area (Å²) in [6, 6.07) is 0. The Morgan fingerprint density at radius 1 is 1.36 bits per heavy atom. The van der Waals surface area contributed by atoms with Crippen molar-refractivity contribution in [3.63, 3.8) is 0 Å². The van der Waals surface area contributed by atoms with Crippen LogP contribution in [0.3, 0.4) is 0 Å². The summed E-state index contributed by atoms with van der Waals surface area (Å²) in [5.74, 6) is 1.51. The summed E-state index contributed by atoms with van der Waals surface area (Å²) in [7, 11) is 1.67. The lowest BCUT2D eigenvalue weighted by Gasteiger charge is -2.34. The van der Waals surface area contributed by atoms with Crippen molar-refractivity contribution in [1.29, 1.82) is 0 Å². The zero-order chi connectivity index (χ0) is 20.6. The summed E-state index contributed by atoms with van der Waals surface area (Å²) in [5.41, 5.74) is 2.02. The number of aliphatic imine (C=N–C) groups is 1. The molecule has 1 aliphatic rings. The predicted octanol–water partition coefficient (Wildman–Crippen LogP) is 0.845. The molecule has 0 bridgehead atoms. The van der Waals surface area contributed by atoms with Crippen LogP contribution >= 0.6 is 0 Å². The van der Waals surface area contributed by atoms with Crippen LogP contribution in [0.5, 0.6) is 5.75 Å². The Morgan fingerprint density at radius 3 is 2.71 bits per heavy atom. The van der Waals surface area contributed by atoms with E-state index >= 15 is 0 Å². The molecule has 8 heteroatoms. The van der Waals surface area contributed by atoms with Crippen molar-refractivity contribution in [2.24, 2.45) is 4.99 Å². The quantitative estimate of drug-likeness (QED) is 0.445. The Bertz CT molecular complexity index is 657. The van der Waals surface area contributed by atoms with Crippen LogP contribution < -0.4 is 15.4 Å². The molecule has 0 saturated carbocycles. The van der Waals surface area contributed by atoms with E-state index in [1.54, 1.807) is 7.11 Å². The standard InChI is InChI=1S/C20H35N5O3/c1-6-21-19(23-12-17-16(3)18(27-5)15(2)11-22-17)24-13-20(4,26)14-25-7-9-28-10-8-25/h11,26H,6-10,12-14H2,1-5H3,(H2,21,23,24). The summed E-state index contributed by atoms with van der Waals surface area (Å²) in [5, 5.41) is 17.2. The average molecular weight is 394 g/mol. The number of hydrogen-bond donors (Lipinski definition) is 3. The molecule has 1 saturated heterocycles. The van der Waals surface area contributed by atoms with Gasteiger partial charge in [-0.05, 0) is 27.7 Å². The van der Waals surface area contributed by atoms with Crippen LogP contribution in [0.2, 0.25) is 0 Å². The van der Waals surface area contributed by atoms with Gasteiger partial charge in [-0.3, -0.25) is 9.88 Å². The van der Waals surface area contributed by atoms with Gasteiger partial charge in [0, 0.05) is 50.0 Å². The number of methoxy groups -OCH3 is 1. The van der Waals surface area contributed by atoms with Crippen molar-refractivity contribution in [3.8, 4) is 5.75 Å². The minimum Gasteiger partial charge on any atom is -0.496 e. The fourth-order valence-corrected chi connectivity index (χ4v) is 3.30.